The first kappa shape index (κ1) is 20.8. The second-order valence-electron chi connectivity index (χ2n) is 6.91. The molecule has 2 heterocycles. The Bertz CT molecular complexity index is 1180. The first-order valence-corrected chi connectivity index (χ1v) is 11.1. The van der Waals surface area contributed by atoms with E-state index in [2.05, 4.69) is 15.0 Å². The highest BCUT2D eigenvalue weighted by Crippen LogP contribution is 2.32. The van der Waals surface area contributed by atoms with Crippen LogP contribution in [-0.2, 0) is 23.0 Å². The third-order valence-corrected chi connectivity index (χ3v) is 6.13. The van der Waals surface area contributed by atoms with E-state index in [-0.39, 0.29) is 29.7 Å². The molecule has 0 radical (unpaired) electrons. The minimum Gasteiger partial charge on any atom is -0.454 e. The summed E-state index contributed by atoms with van der Waals surface area (Å²) < 4.78 is 38.5. The van der Waals surface area contributed by atoms with Crippen LogP contribution >= 0.6 is 0 Å². The number of nitrogens with zero attached hydrogens (tertiary/aromatic N) is 1. The van der Waals surface area contributed by atoms with Gasteiger partial charge in [-0.2, -0.15) is 0 Å². The molecular formula is C22H21N3O5S. The van der Waals surface area contributed by atoms with E-state index in [0.717, 1.165) is 11.1 Å². The summed E-state index contributed by atoms with van der Waals surface area (Å²) in [5.74, 6) is 0.882. The lowest BCUT2D eigenvalue weighted by atomic mass is 10.2. The maximum atomic E-state index is 12.7. The summed E-state index contributed by atoms with van der Waals surface area (Å²) >= 11 is 0. The molecule has 0 unspecified atom stereocenters. The van der Waals surface area contributed by atoms with Gasteiger partial charge >= 0.3 is 0 Å². The van der Waals surface area contributed by atoms with E-state index < -0.39 is 10.0 Å². The number of rotatable bonds is 8. The van der Waals surface area contributed by atoms with Gasteiger partial charge in [-0.1, -0.05) is 18.2 Å². The Morgan fingerprint density at radius 2 is 1.87 bits per heavy atom. The summed E-state index contributed by atoms with van der Waals surface area (Å²) in [6, 6.07) is 14.9. The van der Waals surface area contributed by atoms with Gasteiger partial charge in [0.1, 0.15) is 0 Å². The third-order valence-electron chi connectivity index (χ3n) is 4.73. The molecule has 1 aromatic heterocycles. The second kappa shape index (κ2) is 9.15. The summed E-state index contributed by atoms with van der Waals surface area (Å²) in [5.41, 5.74) is 2.01. The summed E-state index contributed by atoms with van der Waals surface area (Å²) in [6.07, 6.45) is 4.06. The Balaban J connectivity index is 1.37. The SMILES string of the molecule is O=C(NCCc1cccnc1)c1cccc(S(=O)(=O)NCc2ccc3c(c2)OCO3)c1. The van der Waals surface area contributed by atoms with E-state index in [4.69, 9.17) is 9.47 Å². The molecule has 0 atom stereocenters. The van der Waals surface area contributed by atoms with Crippen molar-refractivity contribution < 1.29 is 22.7 Å². The quantitative estimate of drug-likeness (QED) is 0.558. The van der Waals surface area contributed by atoms with E-state index in [9.17, 15) is 13.2 Å². The van der Waals surface area contributed by atoms with Crippen LogP contribution in [0, 0.1) is 0 Å². The van der Waals surface area contributed by atoms with Crippen LogP contribution in [-0.4, -0.2) is 32.6 Å². The Morgan fingerprint density at radius 3 is 2.71 bits per heavy atom. The van der Waals surface area contributed by atoms with Gasteiger partial charge in [0, 0.05) is 31.0 Å². The second-order valence-corrected chi connectivity index (χ2v) is 8.67. The fourth-order valence-corrected chi connectivity index (χ4v) is 4.15. The molecule has 0 fully saturated rings. The van der Waals surface area contributed by atoms with Crippen molar-refractivity contribution in [3.05, 3.63) is 83.7 Å². The zero-order chi connectivity index (χ0) is 21.7. The highest BCUT2D eigenvalue weighted by Gasteiger charge is 2.18. The number of pyridine rings is 1. The Morgan fingerprint density at radius 1 is 1.00 bits per heavy atom. The number of aromatic nitrogens is 1. The molecular weight excluding hydrogens is 418 g/mol. The number of amides is 1. The zero-order valence-electron chi connectivity index (χ0n) is 16.6. The van der Waals surface area contributed by atoms with Crippen molar-refractivity contribution in [2.45, 2.75) is 17.9 Å². The molecule has 1 aliphatic rings. The average Bonchev–Trinajstić information content (AvgIpc) is 3.26. The molecule has 1 amide bonds. The van der Waals surface area contributed by atoms with Crippen molar-refractivity contribution in [1.29, 1.82) is 0 Å². The van der Waals surface area contributed by atoms with E-state index in [1.807, 2.05) is 12.1 Å². The number of carbonyl (C=O) groups is 1. The van der Waals surface area contributed by atoms with Gasteiger partial charge in [0.15, 0.2) is 11.5 Å². The predicted molar refractivity (Wildman–Crippen MR) is 113 cm³/mol. The van der Waals surface area contributed by atoms with Gasteiger partial charge in [-0.3, -0.25) is 9.78 Å². The first-order chi connectivity index (χ1) is 15.0. The van der Waals surface area contributed by atoms with Crippen LogP contribution < -0.4 is 19.5 Å². The van der Waals surface area contributed by atoms with E-state index in [1.165, 1.54) is 12.1 Å². The molecule has 31 heavy (non-hydrogen) atoms. The minimum atomic E-state index is -3.80. The lowest BCUT2D eigenvalue weighted by Gasteiger charge is -2.10. The van der Waals surface area contributed by atoms with Crippen molar-refractivity contribution in [1.82, 2.24) is 15.0 Å². The van der Waals surface area contributed by atoms with Crippen LogP contribution in [0.4, 0.5) is 0 Å². The topological polar surface area (TPSA) is 107 Å². The van der Waals surface area contributed by atoms with Crippen LogP contribution in [0.25, 0.3) is 0 Å². The first-order valence-electron chi connectivity index (χ1n) is 9.67. The van der Waals surface area contributed by atoms with Crippen molar-refractivity contribution in [2.24, 2.45) is 0 Å². The minimum absolute atomic E-state index is 0.0214. The number of sulfonamides is 1. The number of ether oxygens (including phenoxy) is 2. The molecule has 0 saturated carbocycles. The normalized spacial score (nSPS) is 12.5. The molecule has 8 nitrogen and oxygen atoms in total. The van der Waals surface area contributed by atoms with Crippen LogP contribution in [0.2, 0.25) is 0 Å². The predicted octanol–water partition coefficient (Wildman–Crippen LogP) is 2.26. The lowest BCUT2D eigenvalue weighted by molar-refractivity contribution is 0.0954. The molecule has 9 heteroatoms. The molecule has 0 aliphatic carbocycles. The fraction of sp³-hybridized carbons (Fsp3) is 0.182. The van der Waals surface area contributed by atoms with Crippen molar-refractivity contribution in [3.8, 4) is 11.5 Å². The summed E-state index contributed by atoms with van der Waals surface area (Å²) in [6.45, 7) is 0.659. The van der Waals surface area contributed by atoms with Gasteiger partial charge in [-0.15, -0.1) is 0 Å². The summed E-state index contributed by atoms with van der Waals surface area (Å²) in [4.78, 5) is 16.5. The molecule has 1 aliphatic heterocycles. The smallest absolute Gasteiger partial charge is 0.251 e. The average molecular weight is 439 g/mol. The van der Waals surface area contributed by atoms with Crippen LogP contribution in [0.1, 0.15) is 21.5 Å². The fourth-order valence-electron chi connectivity index (χ4n) is 3.09. The highest BCUT2D eigenvalue weighted by molar-refractivity contribution is 7.89. The summed E-state index contributed by atoms with van der Waals surface area (Å²) in [7, 11) is -3.80. The molecule has 3 aromatic rings. The summed E-state index contributed by atoms with van der Waals surface area (Å²) in [5, 5.41) is 2.80. The Labute approximate surface area is 180 Å². The van der Waals surface area contributed by atoms with Crippen LogP contribution in [0.15, 0.2) is 71.9 Å². The molecule has 0 spiro atoms. The number of fused-ring (bicyclic) bond motifs is 1. The molecule has 0 bridgehead atoms. The van der Waals surface area contributed by atoms with Crippen molar-refractivity contribution >= 4 is 15.9 Å². The molecule has 2 N–H and O–H groups in total. The number of hydrogen-bond donors (Lipinski definition) is 2. The Kier molecular flexibility index (Phi) is 6.15. The van der Waals surface area contributed by atoms with Gasteiger partial charge in [0.25, 0.3) is 5.91 Å². The van der Waals surface area contributed by atoms with Gasteiger partial charge in [-0.05, 0) is 53.9 Å². The number of carbonyl (C=O) groups excluding carboxylic acids is 1. The largest absolute Gasteiger partial charge is 0.454 e. The van der Waals surface area contributed by atoms with Gasteiger partial charge < -0.3 is 14.8 Å². The van der Waals surface area contributed by atoms with Gasteiger partial charge in [0.2, 0.25) is 16.8 Å². The zero-order valence-corrected chi connectivity index (χ0v) is 17.4. The van der Waals surface area contributed by atoms with Crippen LogP contribution in [0.3, 0.4) is 0 Å². The van der Waals surface area contributed by atoms with Crippen LogP contribution in [0.5, 0.6) is 11.5 Å². The van der Waals surface area contributed by atoms with E-state index in [1.54, 1.807) is 42.7 Å². The highest BCUT2D eigenvalue weighted by atomic mass is 32.2. The molecule has 0 saturated heterocycles. The number of benzene rings is 2. The van der Waals surface area contributed by atoms with Gasteiger partial charge in [0.05, 0.1) is 4.90 Å². The lowest BCUT2D eigenvalue weighted by Crippen LogP contribution is -2.27. The van der Waals surface area contributed by atoms with Gasteiger partial charge in [-0.25, -0.2) is 13.1 Å². The van der Waals surface area contributed by atoms with E-state index in [0.29, 0.717) is 24.5 Å². The maximum absolute atomic E-state index is 12.7. The van der Waals surface area contributed by atoms with E-state index >= 15 is 0 Å². The maximum Gasteiger partial charge on any atom is 0.251 e. The monoisotopic (exact) mass is 439 g/mol. The number of hydrogen-bond acceptors (Lipinski definition) is 6. The van der Waals surface area contributed by atoms with Crippen molar-refractivity contribution in [2.75, 3.05) is 13.3 Å². The number of nitrogens with one attached hydrogen (secondary N) is 2. The third kappa shape index (κ3) is 5.19. The Hall–Kier alpha value is -3.43. The van der Waals surface area contributed by atoms with Crippen molar-refractivity contribution in [3.63, 3.8) is 0 Å². The molecule has 4 rings (SSSR count). The molecule has 160 valence electrons. The standard InChI is InChI=1S/C22H21N3O5S/c26-22(24-10-8-16-3-2-9-23-13-16)18-4-1-5-19(12-18)31(27,28)25-14-17-6-7-20-21(11-17)30-15-29-20/h1-7,9,11-13,25H,8,10,14-15H2,(H,24,26). The molecule has 2 aromatic carbocycles.